The second-order valence-corrected chi connectivity index (χ2v) is 5.58. The van der Waals surface area contributed by atoms with Gasteiger partial charge in [0.2, 0.25) is 0 Å². The molecule has 1 heteroatoms. The summed E-state index contributed by atoms with van der Waals surface area (Å²) in [5.74, 6) is 2.44. The summed E-state index contributed by atoms with van der Waals surface area (Å²) in [6.45, 7) is 5.22. The molecule has 0 N–H and O–H groups in total. The van der Waals surface area contributed by atoms with E-state index in [2.05, 4.69) is 38.1 Å². The largest absolute Gasteiger partial charge is 0.493 e. The molecule has 0 saturated heterocycles. The average molecular weight is 232 g/mol. The summed E-state index contributed by atoms with van der Waals surface area (Å²) in [7, 11) is 0. The Morgan fingerprint density at radius 2 is 1.82 bits per heavy atom. The Morgan fingerprint density at radius 3 is 2.53 bits per heavy atom. The predicted molar refractivity (Wildman–Crippen MR) is 72.6 cm³/mol. The molecule has 1 aliphatic carbocycles. The molecule has 0 amide bonds. The summed E-state index contributed by atoms with van der Waals surface area (Å²) in [5, 5.41) is 0. The molecule has 94 valence electrons. The van der Waals surface area contributed by atoms with Crippen molar-refractivity contribution in [2.75, 3.05) is 6.61 Å². The highest BCUT2D eigenvalue weighted by Crippen LogP contribution is 2.37. The van der Waals surface area contributed by atoms with Crippen LogP contribution in [0.1, 0.15) is 57.4 Å². The third-order valence-corrected chi connectivity index (χ3v) is 3.54. The fourth-order valence-corrected chi connectivity index (χ4v) is 2.62. The van der Waals surface area contributed by atoms with E-state index in [1.165, 1.54) is 37.7 Å². The Balaban J connectivity index is 2.09. The first-order valence-corrected chi connectivity index (χ1v) is 6.99. The number of ether oxygens (including phenoxy) is 1. The Labute approximate surface area is 105 Å². The molecule has 1 fully saturated rings. The minimum atomic E-state index is 0.592. The van der Waals surface area contributed by atoms with Crippen molar-refractivity contribution in [3.8, 4) is 5.75 Å². The molecule has 1 aromatic rings. The maximum atomic E-state index is 5.95. The Bertz CT molecular complexity index is 337. The summed E-state index contributed by atoms with van der Waals surface area (Å²) in [6.07, 6.45) is 6.84. The number of hydrogen-bond donors (Lipinski definition) is 0. The van der Waals surface area contributed by atoms with Crippen LogP contribution in [0, 0.1) is 5.92 Å². The van der Waals surface area contributed by atoms with Gasteiger partial charge in [-0.15, -0.1) is 0 Å². The Morgan fingerprint density at radius 1 is 1.12 bits per heavy atom. The van der Waals surface area contributed by atoms with Gasteiger partial charge in [0.15, 0.2) is 0 Å². The second kappa shape index (κ2) is 6.09. The van der Waals surface area contributed by atoms with E-state index in [9.17, 15) is 0 Å². The third-order valence-electron chi connectivity index (χ3n) is 3.54. The molecule has 1 nitrogen and oxygen atoms in total. The van der Waals surface area contributed by atoms with Crippen LogP contribution in [0.25, 0.3) is 0 Å². The van der Waals surface area contributed by atoms with Gasteiger partial charge >= 0.3 is 0 Å². The summed E-state index contributed by atoms with van der Waals surface area (Å²) in [5.41, 5.74) is 1.44. The van der Waals surface area contributed by atoms with E-state index in [0.29, 0.717) is 5.92 Å². The lowest BCUT2D eigenvalue weighted by Gasteiger charge is -2.24. The van der Waals surface area contributed by atoms with Crippen molar-refractivity contribution < 1.29 is 4.74 Å². The zero-order chi connectivity index (χ0) is 12.1. The summed E-state index contributed by atoms with van der Waals surface area (Å²) >= 11 is 0. The normalized spacial score (nSPS) is 17.4. The zero-order valence-corrected chi connectivity index (χ0v) is 11.1. The quantitative estimate of drug-likeness (QED) is 0.726. The van der Waals surface area contributed by atoms with E-state index < -0.39 is 0 Å². The Hall–Kier alpha value is -0.980. The van der Waals surface area contributed by atoms with Crippen molar-refractivity contribution in [3.63, 3.8) is 0 Å². The lowest BCUT2D eigenvalue weighted by atomic mass is 9.84. The minimum absolute atomic E-state index is 0.592. The number of hydrogen-bond acceptors (Lipinski definition) is 1. The van der Waals surface area contributed by atoms with Crippen LogP contribution in [0.3, 0.4) is 0 Å². The highest BCUT2D eigenvalue weighted by atomic mass is 16.5. The van der Waals surface area contributed by atoms with Gasteiger partial charge in [0.1, 0.15) is 5.75 Å². The topological polar surface area (TPSA) is 9.23 Å². The molecule has 0 heterocycles. The molecule has 0 spiro atoms. The smallest absolute Gasteiger partial charge is 0.122 e. The summed E-state index contributed by atoms with van der Waals surface area (Å²) < 4.78 is 5.95. The van der Waals surface area contributed by atoms with Crippen molar-refractivity contribution in [3.05, 3.63) is 29.8 Å². The van der Waals surface area contributed by atoms with Gasteiger partial charge in [-0.2, -0.15) is 0 Å². The van der Waals surface area contributed by atoms with Crippen LogP contribution in [0.15, 0.2) is 24.3 Å². The van der Waals surface area contributed by atoms with Crippen LogP contribution in [0.2, 0.25) is 0 Å². The maximum Gasteiger partial charge on any atom is 0.122 e. The average Bonchev–Trinajstić information content (AvgIpc) is 2.38. The van der Waals surface area contributed by atoms with Crippen molar-refractivity contribution >= 4 is 0 Å². The molecule has 0 atom stereocenters. The molecular weight excluding hydrogens is 208 g/mol. The first-order chi connectivity index (χ1) is 8.27. The van der Waals surface area contributed by atoms with Crippen LogP contribution in [-0.2, 0) is 0 Å². The number of para-hydroxylation sites is 1. The fourth-order valence-electron chi connectivity index (χ4n) is 2.62. The highest BCUT2D eigenvalue weighted by Gasteiger charge is 2.18. The van der Waals surface area contributed by atoms with E-state index in [1.807, 2.05) is 0 Å². The lowest BCUT2D eigenvalue weighted by Crippen LogP contribution is -2.10. The standard InChI is InChI=1S/C16H24O/c1-13(2)12-17-16-11-7-6-10-15(16)14-8-4-3-5-9-14/h6-7,10-11,13-14H,3-5,8-9,12H2,1-2H3. The maximum absolute atomic E-state index is 5.95. The molecule has 0 aliphatic heterocycles. The van der Waals surface area contributed by atoms with Gasteiger partial charge in [-0.25, -0.2) is 0 Å². The van der Waals surface area contributed by atoms with E-state index in [-0.39, 0.29) is 0 Å². The molecule has 1 saturated carbocycles. The van der Waals surface area contributed by atoms with E-state index >= 15 is 0 Å². The first kappa shape index (κ1) is 12.5. The van der Waals surface area contributed by atoms with Crippen LogP contribution in [0.5, 0.6) is 5.75 Å². The zero-order valence-electron chi connectivity index (χ0n) is 11.1. The van der Waals surface area contributed by atoms with E-state index in [1.54, 1.807) is 0 Å². The van der Waals surface area contributed by atoms with Crippen LogP contribution < -0.4 is 4.74 Å². The monoisotopic (exact) mass is 232 g/mol. The fraction of sp³-hybridized carbons (Fsp3) is 0.625. The van der Waals surface area contributed by atoms with Gasteiger partial charge in [0.05, 0.1) is 6.61 Å². The van der Waals surface area contributed by atoms with E-state index in [4.69, 9.17) is 4.74 Å². The highest BCUT2D eigenvalue weighted by molar-refractivity contribution is 5.36. The molecule has 1 aromatic carbocycles. The van der Waals surface area contributed by atoms with Gasteiger partial charge in [0, 0.05) is 0 Å². The molecule has 0 unspecified atom stereocenters. The molecule has 0 bridgehead atoms. The van der Waals surface area contributed by atoms with Crippen molar-refractivity contribution in [1.82, 2.24) is 0 Å². The molecule has 0 radical (unpaired) electrons. The first-order valence-electron chi connectivity index (χ1n) is 6.99. The second-order valence-electron chi connectivity index (χ2n) is 5.58. The van der Waals surface area contributed by atoms with Gasteiger partial charge < -0.3 is 4.74 Å². The number of benzene rings is 1. The van der Waals surface area contributed by atoms with Crippen molar-refractivity contribution in [2.45, 2.75) is 51.9 Å². The molecule has 17 heavy (non-hydrogen) atoms. The lowest BCUT2D eigenvalue weighted by molar-refractivity contribution is 0.265. The van der Waals surface area contributed by atoms with Crippen molar-refractivity contribution in [1.29, 1.82) is 0 Å². The minimum Gasteiger partial charge on any atom is -0.493 e. The van der Waals surface area contributed by atoms with Crippen LogP contribution in [0.4, 0.5) is 0 Å². The van der Waals surface area contributed by atoms with Gasteiger partial charge in [-0.1, -0.05) is 51.3 Å². The van der Waals surface area contributed by atoms with Crippen LogP contribution >= 0.6 is 0 Å². The van der Waals surface area contributed by atoms with E-state index in [0.717, 1.165) is 18.3 Å². The third kappa shape index (κ3) is 3.49. The molecule has 1 aliphatic rings. The summed E-state index contributed by atoms with van der Waals surface area (Å²) in [4.78, 5) is 0. The van der Waals surface area contributed by atoms with Crippen molar-refractivity contribution in [2.24, 2.45) is 5.92 Å². The Kier molecular flexibility index (Phi) is 4.47. The van der Waals surface area contributed by atoms with Crippen LogP contribution in [-0.4, -0.2) is 6.61 Å². The summed E-state index contributed by atoms with van der Waals surface area (Å²) in [6, 6.07) is 8.62. The predicted octanol–water partition coefficient (Wildman–Crippen LogP) is 4.77. The molecule has 2 rings (SSSR count). The van der Waals surface area contributed by atoms with Gasteiger partial charge in [0.25, 0.3) is 0 Å². The SMILES string of the molecule is CC(C)COc1ccccc1C1CCCCC1. The molecule has 0 aromatic heterocycles. The number of rotatable bonds is 4. The van der Waals surface area contributed by atoms with Gasteiger partial charge in [-0.05, 0) is 36.3 Å². The van der Waals surface area contributed by atoms with Gasteiger partial charge in [-0.3, -0.25) is 0 Å². The molecular formula is C16H24O.